The summed E-state index contributed by atoms with van der Waals surface area (Å²) in [6.07, 6.45) is 3.70. The maximum Gasteiger partial charge on any atom is 0.173 e. The van der Waals surface area contributed by atoms with Gasteiger partial charge in [0.2, 0.25) is 0 Å². The minimum atomic E-state index is 0.119. The first kappa shape index (κ1) is 13.1. The Bertz CT molecular complexity index is 655. The van der Waals surface area contributed by atoms with Gasteiger partial charge in [0.25, 0.3) is 0 Å². The Kier molecular flexibility index (Phi) is 3.62. The molecule has 1 aliphatic rings. The molecular formula is C14H11ClINO2. The Labute approximate surface area is 129 Å². The van der Waals surface area contributed by atoms with Crippen molar-refractivity contribution < 1.29 is 9.53 Å². The quantitative estimate of drug-likeness (QED) is 0.748. The Hall–Kier alpha value is -0.880. The lowest BCUT2D eigenvalue weighted by atomic mass is 10.2. The summed E-state index contributed by atoms with van der Waals surface area (Å²) < 4.78 is 6.56. The fourth-order valence-corrected chi connectivity index (χ4v) is 3.12. The van der Waals surface area contributed by atoms with E-state index in [1.54, 1.807) is 6.20 Å². The van der Waals surface area contributed by atoms with E-state index >= 15 is 0 Å². The molecule has 3 nitrogen and oxygen atoms in total. The molecule has 0 atom stereocenters. The van der Waals surface area contributed by atoms with Crippen molar-refractivity contribution >= 4 is 50.9 Å². The monoisotopic (exact) mass is 387 g/mol. The van der Waals surface area contributed by atoms with Crippen LogP contribution in [0.3, 0.4) is 0 Å². The van der Waals surface area contributed by atoms with E-state index in [0.717, 1.165) is 21.8 Å². The summed E-state index contributed by atoms with van der Waals surface area (Å²) >= 11 is 8.34. The van der Waals surface area contributed by atoms with Crippen LogP contribution in [0.2, 0.25) is 5.02 Å². The van der Waals surface area contributed by atoms with Crippen LogP contribution in [0.5, 0.6) is 5.75 Å². The van der Waals surface area contributed by atoms with Crippen molar-refractivity contribution in [3.8, 4) is 5.75 Å². The SMILES string of the molecule is O=C(COc1c(I)cc(Cl)c2cccnc12)C1CC1. The van der Waals surface area contributed by atoms with E-state index in [-0.39, 0.29) is 18.3 Å². The molecule has 1 aromatic heterocycles. The summed E-state index contributed by atoms with van der Waals surface area (Å²) in [5.41, 5.74) is 0.711. The highest BCUT2D eigenvalue weighted by molar-refractivity contribution is 14.1. The van der Waals surface area contributed by atoms with Gasteiger partial charge in [-0.15, -0.1) is 0 Å². The molecule has 0 saturated heterocycles. The van der Waals surface area contributed by atoms with Crippen molar-refractivity contribution in [3.63, 3.8) is 0 Å². The van der Waals surface area contributed by atoms with Crippen LogP contribution < -0.4 is 4.74 Å². The maximum atomic E-state index is 11.7. The number of carbonyl (C=O) groups is 1. The third kappa shape index (κ3) is 2.69. The van der Waals surface area contributed by atoms with Crippen molar-refractivity contribution in [2.24, 2.45) is 5.92 Å². The number of aromatic nitrogens is 1. The topological polar surface area (TPSA) is 39.2 Å². The number of hydrogen-bond donors (Lipinski definition) is 0. The highest BCUT2D eigenvalue weighted by Crippen LogP contribution is 2.35. The van der Waals surface area contributed by atoms with E-state index in [0.29, 0.717) is 16.3 Å². The average Bonchev–Trinajstić information content (AvgIpc) is 3.22. The first-order chi connectivity index (χ1) is 9.16. The van der Waals surface area contributed by atoms with Gasteiger partial charge < -0.3 is 4.74 Å². The molecule has 0 unspecified atom stereocenters. The largest absolute Gasteiger partial charge is 0.482 e. The third-order valence-electron chi connectivity index (χ3n) is 3.14. The first-order valence-corrected chi connectivity index (χ1v) is 7.50. The number of halogens is 2. The van der Waals surface area contributed by atoms with E-state index in [2.05, 4.69) is 27.6 Å². The number of ketones is 1. The lowest BCUT2D eigenvalue weighted by molar-refractivity contribution is -0.122. The molecule has 1 fully saturated rings. The van der Waals surface area contributed by atoms with Crippen molar-refractivity contribution in [1.29, 1.82) is 0 Å². The zero-order valence-electron chi connectivity index (χ0n) is 10.0. The summed E-state index contributed by atoms with van der Waals surface area (Å²) in [7, 11) is 0. The highest BCUT2D eigenvalue weighted by Gasteiger charge is 2.30. The molecule has 0 radical (unpaired) electrons. The molecule has 0 bridgehead atoms. The molecule has 5 heteroatoms. The van der Waals surface area contributed by atoms with Gasteiger partial charge in [-0.2, -0.15) is 0 Å². The number of benzene rings is 1. The number of Topliss-reactive ketones (excluding diaryl/α,β-unsaturated/α-hetero) is 1. The number of nitrogens with zero attached hydrogens (tertiary/aromatic N) is 1. The highest BCUT2D eigenvalue weighted by atomic mass is 127. The van der Waals surface area contributed by atoms with Crippen LogP contribution in [0, 0.1) is 9.49 Å². The van der Waals surface area contributed by atoms with Crippen LogP contribution in [0.4, 0.5) is 0 Å². The Morgan fingerprint density at radius 2 is 2.32 bits per heavy atom. The van der Waals surface area contributed by atoms with Crippen LogP contribution in [0.1, 0.15) is 12.8 Å². The van der Waals surface area contributed by atoms with Crippen LogP contribution in [-0.4, -0.2) is 17.4 Å². The summed E-state index contributed by atoms with van der Waals surface area (Å²) in [6.45, 7) is 0.119. The van der Waals surface area contributed by atoms with Gasteiger partial charge in [0.05, 0.1) is 8.59 Å². The van der Waals surface area contributed by atoms with Gasteiger partial charge in [-0.1, -0.05) is 11.6 Å². The zero-order valence-corrected chi connectivity index (χ0v) is 12.9. The molecule has 1 saturated carbocycles. The zero-order chi connectivity index (χ0) is 13.4. The van der Waals surface area contributed by atoms with Crippen molar-refractivity contribution in [1.82, 2.24) is 4.98 Å². The molecular weight excluding hydrogens is 377 g/mol. The van der Waals surface area contributed by atoms with Crippen LogP contribution in [0.15, 0.2) is 24.4 Å². The minimum Gasteiger partial charge on any atom is -0.482 e. The van der Waals surface area contributed by atoms with Gasteiger partial charge in [0.1, 0.15) is 12.1 Å². The lowest BCUT2D eigenvalue weighted by Gasteiger charge is -2.11. The molecule has 1 heterocycles. The van der Waals surface area contributed by atoms with E-state index in [9.17, 15) is 4.79 Å². The second-order valence-electron chi connectivity index (χ2n) is 4.60. The van der Waals surface area contributed by atoms with E-state index in [1.165, 1.54) is 0 Å². The summed E-state index contributed by atoms with van der Waals surface area (Å²) in [6, 6.07) is 5.57. The second kappa shape index (κ2) is 5.25. The Morgan fingerprint density at radius 3 is 3.05 bits per heavy atom. The Balaban J connectivity index is 1.95. The standard InChI is InChI=1S/C14H11ClINO2/c15-10-6-11(16)14(13-9(10)2-1-5-17-13)19-7-12(18)8-3-4-8/h1-2,5-6,8H,3-4,7H2. The summed E-state index contributed by atoms with van der Waals surface area (Å²) in [4.78, 5) is 16.0. The lowest BCUT2D eigenvalue weighted by Crippen LogP contribution is -2.13. The predicted molar refractivity (Wildman–Crippen MR) is 82.7 cm³/mol. The normalized spacial score (nSPS) is 14.6. The molecule has 2 aromatic rings. The summed E-state index contributed by atoms with van der Waals surface area (Å²) in [5, 5.41) is 1.49. The van der Waals surface area contributed by atoms with Crippen LogP contribution >= 0.6 is 34.2 Å². The van der Waals surface area contributed by atoms with Gasteiger partial charge in [0.15, 0.2) is 11.5 Å². The summed E-state index contributed by atoms with van der Waals surface area (Å²) in [5.74, 6) is 1.04. The molecule has 0 amide bonds. The fourth-order valence-electron chi connectivity index (χ4n) is 1.95. The first-order valence-electron chi connectivity index (χ1n) is 6.05. The third-order valence-corrected chi connectivity index (χ3v) is 4.26. The Morgan fingerprint density at radius 1 is 1.53 bits per heavy atom. The molecule has 0 aliphatic heterocycles. The number of fused-ring (bicyclic) bond motifs is 1. The van der Waals surface area contributed by atoms with E-state index < -0.39 is 0 Å². The van der Waals surface area contributed by atoms with Gasteiger partial charge in [0, 0.05) is 17.5 Å². The molecule has 98 valence electrons. The van der Waals surface area contributed by atoms with Crippen LogP contribution in [0.25, 0.3) is 10.9 Å². The molecule has 1 aromatic carbocycles. The average molecular weight is 388 g/mol. The smallest absolute Gasteiger partial charge is 0.173 e. The molecule has 1 aliphatic carbocycles. The fraction of sp³-hybridized carbons (Fsp3) is 0.286. The minimum absolute atomic E-state index is 0.119. The molecule has 0 spiro atoms. The number of hydrogen-bond acceptors (Lipinski definition) is 3. The van der Waals surface area contributed by atoms with Crippen molar-refractivity contribution in [2.45, 2.75) is 12.8 Å². The van der Waals surface area contributed by atoms with Crippen molar-refractivity contribution in [2.75, 3.05) is 6.61 Å². The van der Waals surface area contributed by atoms with Crippen molar-refractivity contribution in [3.05, 3.63) is 33.0 Å². The number of pyridine rings is 1. The number of rotatable bonds is 4. The van der Waals surface area contributed by atoms with Gasteiger partial charge >= 0.3 is 0 Å². The van der Waals surface area contributed by atoms with Gasteiger partial charge in [-0.25, -0.2) is 0 Å². The maximum absolute atomic E-state index is 11.7. The van der Waals surface area contributed by atoms with Gasteiger partial charge in [-0.05, 0) is 53.6 Å². The van der Waals surface area contributed by atoms with Crippen LogP contribution in [-0.2, 0) is 4.79 Å². The number of carbonyl (C=O) groups excluding carboxylic acids is 1. The van der Waals surface area contributed by atoms with E-state index in [4.69, 9.17) is 16.3 Å². The molecule has 0 N–H and O–H groups in total. The predicted octanol–water partition coefficient (Wildman–Crippen LogP) is 3.85. The van der Waals surface area contributed by atoms with E-state index in [1.807, 2.05) is 18.2 Å². The molecule has 3 rings (SSSR count). The van der Waals surface area contributed by atoms with Gasteiger partial charge in [-0.3, -0.25) is 9.78 Å². The second-order valence-corrected chi connectivity index (χ2v) is 6.17. The number of ether oxygens (including phenoxy) is 1. The molecule has 19 heavy (non-hydrogen) atoms.